The molecule has 3 aromatic carbocycles. The van der Waals surface area contributed by atoms with E-state index in [1.165, 1.54) is 0 Å². The molecule has 0 radical (unpaired) electrons. The Morgan fingerprint density at radius 2 is 1.55 bits per heavy atom. The Morgan fingerprint density at radius 3 is 2.24 bits per heavy atom. The molecule has 0 aliphatic carbocycles. The number of methoxy groups -OCH3 is 1. The molecule has 0 aliphatic rings. The summed E-state index contributed by atoms with van der Waals surface area (Å²) < 4.78 is 5.08. The maximum Gasteiger partial charge on any atom is 0.257 e. The van der Waals surface area contributed by atoms with Crippen LogP contribution in [-0.2, 0) is 11.3 Å². The second kappa shape index (κ2) is 9.66. The number of ether oxygens (including phenoxy) is 1. The Labute approximate surface area is 170 Å². The van der Waals surface area contributed by atoms with Crippen LogP contribution in [0.3, 0.4) is 0 Å². The quantitative estimate of drug-likeness (QED) is 0.670. The topological polar surface area (TPSA) is 58.6 Å². The van der Waals surface area contributed by atoms with Crippen molar-refractivity contribution in [1.82, 2.24) is 10.2 Å². The van der Waals surface area contributed by atoms with Gasteiger partial charge in [-0.2, -0.15) is 0 Å². The normalized spacial score (nSPS) is 10.6. The molecule has 0 heterocycles. The molecule has 5 nitrogen and oxygen atoms in total. The van der Waals surface area contributed by atoms with Gasteiger partial charge in [0.15, 0.2) is 0 Å². The van der Waals surface area contributed by atoms with Crippen LogP contribution < -0.4 is 10.1 Å². The molecule has 0 bridgehead atoms. The second-order valence-corrected chi connectivity index (χ2v) is 6.80. The van der Waals surface area contributed by atoms with Crippen LogP contribution in [0.15, 0.2) is 78.9 Å². The van der Waals surface area contributed by atoms with E-state index in [0.717, 1.165) is 16.7 Å². The third-order valence-corrected chi connectivity index (χ3v) is 4.56. The van der Waals surface area contributed by atoms with Gasteiger partial charge < -0.3 is 4.74 Å². The van der Waals surface area contributed by atoms with Crippen molar-refractivity contribution in [3.8, 4) is 16.9 Å². The highest BCUT2D eigenvalue weighted by Gasteiger charge is 2.14. The SMILES string of the molecule is COc1ccc(C(=O)NC(=O)CN(C)Cc2ccccc2-c2ccccc2)cc1. The molecule has 0 atom stereocenters. The number of hydrogen-bond donors (Lipinski definition) is 1. The molecular weight excluding hydrogens is 364 g/mol. The predicted octanol–water partition coefficient (Wildman–Crippen LogP) is 3.75. The molecule has 0 aromatic heterocycles. The molecule has 0 saturated carbocycles. The monoisotopic (exact) mass is 388 g/mol. The van der Waals surface area contributed by atoms with Crippen LogP contribution in [0.4, 0.5) is 0 Å². The Kier molecular flexibility index (Phi) is 6.76. The highest BCUT2D eigenvalue weighted by atomic mass is 16.5. The van der Waals surface area contributed by atoms with Crippen molar-refractivity contribution in [2.24, 2.45) is 0 Å². The first kappa shape index (κ1) is 20.3. The number of hydrogen-bond acceptors (Lipinski definition) is 4. The first-order valence-corrected chi connectivity index (χ1v) is 9.37. The maximum atomic E-state index is 12.3. The number of nitrogens with one attached hydrogen (secondary N) is 1. The zero-order valence-electron chi connectivity index (χ0n) is 16.6. The minimum atomic E-state index is -0.421. The van der Waals surface area contributed by atoms with Crippen molar-refractivity contribution in [1.29, 1.82) is 0 Å². The van der Waals surface area contributed by atoms with Crippen LogP contribution in [0.5, 0.6) is 5.75 Å². The average molecular weight is 388 g/mol. The fourth-order valence-electron chi connectivity index (χ4n) is 3.13. The molecule has 2 amide bonds. The number of nitrogens with zero attached hydrogens (tertiary/aromatic N) is 1. The first-order chi connectivity index (χ1) is 14.1. The zero-order chi connectivity index (χ0) is 20.6. The van der Waals surface area contributed by atoms with E-state index in [1.54, 1.807) is 31.4 Å². The number of rotatable bonds is 7. The van der Waals surface area contributed by atoms with Crippen molar-refractivity contribution >= 4 is 11.8 Å². The van der Waals surface area contributed by atoms with Gasteiger partial charge in [-0.3, -0.25) is 19.8 Å². The summed E-state index contributed by atoms with van der Waals surface area (Å²) in [5.74, 6) is -0.106. The van der Waals surface area contributed by atoms with Crippen molar-refractivity contribution < 1.29 is 14.3 Å². The summed E-state index contributed by atoms with van der Waals surface area (Å²) in [5, 5.41) is 2.44. The van der Waals surface area contributed by atoms with E-state index in [9.17, 15) is 9.59 Å². The summed E-state index contributed by atoms with van der Waals surface area (Å²) >= 11 is 0. The van der Waals surface area contributed by atoms with Gasteiger partial charge in [0.25, 0.3) is 5.91 Å². The van der Waals surface area contributed by atoms with Crippen LogP contribution in [-0.4, -0.2) is 37.4 Å². The van der Waals surface area contributed by atoms with E-state index < -0.39 is 5.91 Å². The third kappa shape index (κ3) is 5.53. The lowest BCUT2D eigenvalue weighted by Crippen LogP contribution is -2.38. The van der Waals surface area contributed by atoms with Gasteiger partial charge in [0.1, 0.15) is 5.75 Å². The van der Waals surface area contributed by atoms with Gasteiger partial charge >= 0.3 is 0 Å². The molecule has 0 spiro atoms. The fourth-order valence-corrected chi connectivity index (χ4v) is 3.13. The van der Waals surface area contributed by atoms with E-state index in [2.05, 4.69) is 29.6 Å². The Bertz CT molecular complexity index is 969. The summed E-state index contributed by atoms with van der Waals surface area (Å²) in [6.07, 6.45) is 0. The van der Waals surface area contributed by atoms with Crippen molar-refractivity contribution in [2.45, 2.75) is 6.54 Å². The average Bonchev–Trinajstić information content (AvgIpc) is 2.74. The van der Waals surface area contributed by atoms with Gasteiger partial charge in [0.05, 0.1) is 13.7 Å². The molecule has 3 aromatic rings. The van der Waals surface area contributed by atoms with Crippen LogP contribution in [0.25, 0.3) is 11.1 Å². The summed E-state index contributed by atoms with van der Waals surface area (Å²) in [5.41, 5.74) is 3.80. The zero-order valence-corrected chi connectivity index (χ0v) is 16.6. The molecule has 29 heavy (non-hydrogen) atoms. The standard InChI is InChI=1S/C24H24N2O3/c1-26(16-20-10-6-7-11-22(20)18-8-4-3-5-9-18)17-23(27)25-24(28)19-12-14-21(29-2)15-13-19/h3-15H,16-17H2,1-2H3,(H,25,27,28). The highest BCUT2D eigenvalue weighted by molar-refractivity contribution is 6.05. The molecule has 0 saturated heterocycles. The molecule has 0 aliphatic heterocycles. The van der Waals surface area contributed by atoms with Gasteiger partial charge in [-0.05, 0) is 48.0 Å². The number of amides is 2. The summed E-state index contributed by atoms with van der Waals surface area (Å²) in [4.78, 5) is 26.4. The van der Waals surface area contributed by atoms with Crippen LogP contribution in [0.2, 0.25) is 0 Å². The molecule has 1 N–H and O–H groups in total. The smallest absolute Gasteiger partial charge is 0.257 e. The lowest BCUT2D eigenvalue weighted by molar-refractivity contribution is -0.121. The first-order valence-electron chi connectivity index (χ1n) is 9.37. The van der Waals surface area contributed by atoms with E-state index in [0.29, 0.717) is 17.9 Å². The third-order valence-electron chi connectivity index (χ3n) is 4.56. The summed E-state index contributed by atoms with van der Waals surface area (Å²) in [7, 11) is 3.42. The van der Waals surface area contributed by atoms with E-state index in [4.69, 9.17) is 4.74 Å². The minimum Gasteiger partial charge on any atom is -0.497 e. The van der Waals surface area contributed by atoms with Crippen LogP contribution >= 0.6 is 0 Å². The van der Waals surface area contributed by atoms with Crippen molar-refractivity contribution in [3.63, 3.8) is 0 Å². The Hall–Kier alpha value is -3.44. The number of carbonyl (C=O) groups is 2. The number of carbonyl (C=O) groups excluding carboxylic acids is 2. The van der Waals surface area contributed by atoms with E-state index in [-0.39, 0.29) is 12.5 Å². The van der Waals surface area contributed by atoms with E-state index >= 15 is 0 Å². The van der Waals surface area contributed by atoms with Gasteiger partial charge in [-0.15, -0.1) is 0 Å². The van der Waals surface area contributed by atoms with Gasteiger partial charge in [0, 0.05) is 12.1 Å². The number of imide groups is 1. The Morgan fingerprint density at radius 1 is 0.897 bits per heavy atom. The van der Waals surface area contributed by atoms with Gasteiger partial charge in [0.2, 0.25) is 5.91 Å². The minimum absolute atomic E-state index is 0.116. The lowest BCUT2D eigenvalue weighted by Gasteiger charge is -2.18. The molecule has 3 rings (SSSR count). The van der Waals surface area contributed by atoms with Crippen LogP contribution in [0, 0.1) is 0 Å². The molecule has 0 fully saturated rings. The molecule has 0 unspecified atom stereocenters. The maximum absolute atomic E-state index is 12.3. The summed E-state index contributed by atoms with van der Waals surface area (Å²) in [6.45, 7) is 0.709. The molecule has 148 valence electrons. The molecule has 5 heteroatoms. The van der Waals surface area contributed by atoms with Crippen molar-refractivity contribution in [3.05, 3.63) is 90.0 Å². The fraction of sp³-hybridized carbons (Fsp3) is 0.167. The number of benzene rings is 3. The summed E-state index contributed by atoms with van der Waals surface area (Å²) in [6, 6.07) is 24.9. The predicted molar refractivity (Wildman–Crippen MR) is 114 cm³/mol. The van der Waals surface area contributed by atoms with E-state index in [1.807, 2.05) is 42.3 Å². The molecular formula is C24H24N2O3. The van der Waals surface area contributed by atoms with Gasteiger partial charge in [-0.25, -0.2) is 0 Å². The lowest BCUT2D eigenvalue weighted by atomic mass is 9.99. The largest absolute Gasteiger partial charge is 0.497 e. The van der Waals surface area contributed by atoms with Crippen LogP contribution in [0.1, 0.15) is 15.9 Å². The van der Waals surface area contributed by atoms with Crippen molar-refractivity contribution in [2.75, 3.05) is 20.7 Å². The number of likely N-dealkylation sites (N-methyl/N-ethyl adjacent to an activating group) is 1. The highest BCUT2D eigenvalue weighted by Crippen LogP contribution is 2.24. The van der Waals surface area contributed by atoms with Gasteiger partial charge in [-0.1, -0.05) is 54.6 Å². The second-order valence-electron chi connectivity index (χ2n) is 6.80. The Balaban J connectivity index is 1.60.